The van der Waals surface area contributed by atoms with Crippen LogP contribution in [0.15, 0.2) is 78.9 Å². The maximum Gasteiger partial charge on any atom is 0.318 e. The van der Waals surface area contributed by atoms with E-state index in [2.05, 4.69) is 24.4 Å². The van der Waals surface area contributed by atoms with E-state index in [1.165, 1.54) is 17.7 Å². The van der Waals surface area contributed by atoms with E-state index < -0.39 is 11.6 Å². The molecule has 3 aromatic carbocycles. The standard InChI is InChI=1S/C23H26FN3O3.C7H8.C2H6/c1-23(2,29)30-21-10-11-27(15-17-8-9-19(24)18(12-17)14-25)22(28)26-20(21)13-16-6-4-3-5-7-16;1-7-5-3-2-4-6-7;1-2/h3-9,12,20-21,29H,10-11,13,15H2,1-2H3,(H,26,28);2-6H,1H3;1-2H3. The molecule has 1 saturated heterocycles. The number of nitrogens with zero attached hydrogens (tertiary/aromatic N) is 2. The molecule has 1 aliphatic rings. The molecular formula is C32H40FN3O3. The minimum atomic E-state index is -1.34. The lowest BCUT2D eigenvalue weighted by Gasteiger charge is -2.31. The Morgan fingerprint density at radius 1 is 1.05 bits per heavy atom. The van der Waals surface area contributed by atoms with Crippen molar-refractivity contribution in [1.29, 1.82) is 5.26 Å². The van der Waals surface area contributed by atoms with Gasteiger partial charge in [0.05, 0.1) is 17.7 Å². The molecule has 0 radical (unpaired) electrons. The smallest absolute Gasteiger partial charge is 0.318 e. The molecule has 2 unspecified atom stereocenters. The SMILES string of the molecule is CC.CC(C)(O)OC1CCN(Cc2ccc(F)c(C#N)c2)C(=O)NC1Cc1ccccc1.Cc1ccccc1. The minimum absolute atomic E-state index is 0.0482. The highest BCUT2D eigenvalue weighted by Crippen LogP contribution is 2.22. The summed E-state index contributed by atoms with van der Waals surface area (Å²) in [5.41, 5.74) is 3.00. The van der Waals surface area contributed by atoms with Gasteiger partial charge < -0.3 is 20.1 Å². The predicted octanol–water partition coefficient (Wildman–Crippen LogP) is 6.36. The second-order valence-electron chi connectivity index (χ2n) is 9.64. The average Bonchev–Trinajstić information content (AvgIpc) is 3.05. The fourth-order valence-electron chi connectivity index (χ4n) is 4.15. The van der Waals surface area contributed by atoms with Gasteiger partial charge in [0.15, 0.2) is 5.79 Å². The molecule has 7 heteroatoms. The summed E-state index contributed by atoms with van der Waals surface area (Å²) in [7, 11) is 0. The Labute approximate surface area is 232 Å². The fraction of sp³-hybridized carbons (Fsp3) is 0.375. The average molecular weight is 534 g/mol. The topological polar surface area (TPSA) is 85.6 Å². The lowest BCUT2D eigenvalue weighted by Crippen LogP contribution is -2.48. The molecule has 2 amide bonds. The van der Waals surface area contributed by atoms with Gasteiger partial charge in [0.2, 0.25) is 0 Å². The Balaban J connectivity index is 0.000000507. The lowest BCUT2D eigenvalue weighted by atomic mass is 9.99. The van der Waals surface area contributed by atoms with Crippen molar-refractivity contribution in [3.63, 3.8) is 0 Å². The van der Waals surface area contributed by atoms with E-state index in [1.807, 2.05) is 68.4 Å². The third kappa shape index (κ3) is 10.9. The number of nitrogens with one attached hydrogen (secondary N) is 1. The van der Waals surface area contributed by atoms with Gasteiger partial charge in [0.25, 0.3) is 0 Å². The van der Waals surface area contributed by atoms with Crippen molar-refractivity contribution in [2.24, 2.45) is 0 Å². The molecule has 2 atom stereocenters. The molecule has 208 valence electrons. The van der Waals surface area contributed by atoms with Gasteiger partial charge in [-0.2, -0.15) is 5.26 Å². The molecular weight excluding hydrogens is 493 g/mol. The number of carbonyl (C=O) groups excluding carboxylic acids is 1. The van der Waals surface area contributed by atoms with Crippen molar-refractivity contribution in [2.75, 3.05) is 6.54 Å². The van der Waals surface area contributed by atoms with Crippen LogP contribution >= 0.6 is 0 Å². The van der Waals surface area contributed by atoms with Crippen LogP contribution in [0.4, 0.5) is 9.18 Å². The van der Waals surface area contributed by atoms with Crippen molar-refractivity contribution in [3.05, 3.63) is 107 Å². The third-order valence-electron chi connectivity index (χ3n) is 5.93. The number of rotatable bonds is 6. The summed E-state index contributed by atoms with van der Waals surface area (Å²) in [5.74, 6) is -1.92. The van der Waals surface area contributed by atoms with Crippen molar-refractivity contribution in [1.82, 2.24) is 10.2 Å². The molecule has 1 heterocycles. The maximum absolute atomic E-state index is 13.6. The summed E-state index contributed by atoms with van der Waals surface area (Å²) in [6, 6.07) is 25.5. The number of nitriles is 1. The van der Waals surface area contributed by atoms with Gasteiger partial charge >= 0.3 is 6.03 Å². The number of hydrogen-bond donors (Lipinski definition) is 2. The first kappa shape index (κ1) is 31.5. The Morgan fingerprint density at radius 2 is 1.67 bits per heavy atom. The molecule has 1 fully saturated rings. The highest BCUT2D eigenvalue weighted by Gasteiger charge is 2.34. The van der Waals surface area contributed by atoms with Crippen molar-refractivity contribution >= 4 is 6.03 Å². The Hall–Kier alpha value is -3.73. The number of ether oxygens (including phenoxy) is 1. The number of aryl methyl sites for hydroxylation is 1. The molecule has 2 N–H and O–H groups in total. The molecule has 1 aliphatic heterocycles. The predicted molar refractivity (Wildman–Crippen MR) is 152 cm³/mol. The zero-order valence-corrected chi connectivity index (χ0v) is 23.5. The normalized spacial score (nSPS) is 16.9. The molecule has 0 saturated carbocycles. The van der Waals surface area contributed by atoms with Crippen LogP contribution in [0.25, 0.3) is 0 Å². The first-order chi connectivity index (χ1) is 18.6. The van der Waals surface area contributed by atoms with Crippen LogP contribution in [0.1, 0.15) is 56.4 Å². The first-order valence-electron chi connectivity index (χ1n) is 13.3. The number of hydrogen-bond acceptors (Lipinski definition) is 4. The fourth-order valence-corrected chi connectivity index (χ4v) is 4.15. The summed E-state index contributed by atoms with van der Waals surface area (Å²) in [6.07, 6.45) is 0.699. The van der Waals surface area contributed by atoms with Gasteiger partial charge in [0, 0.05) is 13.1 Å². The molecule has 0 aliphatic carbocycles. The molecule has 6 nitrogen and oxygen atoms in total. The van der Waals surface area contributed by atoms with Crippen LogP contribution in [0.2, 0.25) is 0 Å². The van der Waals surface area contributed by atoms with Gasteiger partial charge in [-0.05, 0) is 56.9 Å². The zero-order valence-electron chi connectivity index (χ0n) is 23.5. The number of amides is 2. The van der Waals surface area contributed by atoms with Crippen molar-refractivity contribution in [3.8, 4) is 6.07 Å². The Kier molecular flexibility index (Phi) is 12.6. The van der Waals surface area contributed by atoms with Crippen LogP contribution in [-0.2, 0) is 17.7 Å². The Morgan fingerprint density at radius 3 is 2.21 bits per heavy atom. The number of halogens is 1. The van der Waals surface area contributed by atoms with Crippen molar-refractivity contribution < 1.29 is 19.0 Å². The summed E-state index contributed by atoms with van der Waals surface area (Å²) in [6.45, 7) is 9.86. The van der Waals surface area contributed by atoms with E-state index in [1.54, 1.807) is 24.8 Å². The number of carbonyl (C=O) groups is 1. The van der Waals surface area contributed by atoms with Gasteiger partial charge in [-0.25, -0.2) is 9.18 Å². The highest BCUT2D eigenvalue weighted by atomic mass is 19.1. The first-order valence-corrected chi connectivity index (χ1v) is 13.3. The van der Waals surface area contributed by atoms with E-state index in [9.17, 15) is 14.3 Å². The zero-order chi connectivity index (χ0) is 28.8. The second kappa shape index (κ2) is 15.6. The molecule has 0 bridgehead atoms. The highest BCUT2D eigenvalue weighted by molar-refractivity contribution is 5.75. The van der Waals surface area contributed by atoms with E-state index in [0.29, 0.717) is 24.9 Å². The monoisotopic (exact) mass is 533 g/mol. The number of benzene rings is 3. The third-order valence-corrected chi connectivity index (χ3v) is 5.93. The molecule has 39 heavy (non-hydrogen) atoms. The maximum atomic E-state index is 13.6. The summed E-state index contributed by atoms with van der Waals surface area (Å²) < 4.78 is 19.5. The van der Waals surface area contributed by atoms with Crippen LogP contribution in [0.5, 0.6) is 0 Å². The van der Waals surface area contributed by atoms with Crippen LogP contribution in [0.3, 0.4) is 0 Å². The van der Waals surface area contributed by atoms with Gasteiger partial charge in [-0.15, -0.1) is 0 Å². The van der Waals surface area contributed by atoms with E-state index >= 15 is 0 Å². The van der Waals surface area contributed by atoms with E-state index in [0.717, 1.165) is 5.56 Å². The number of urea groups is 1. The largest absolute Gasteiger partial charge is 0.366 e. The van der Waals surface area contributed by atoms with E-state index in [-0.39, 0.29) is 30.3 Å². The van der Waals surface area contributed by atoms with Crippen LogP contribution in [-0.4, -0.2) is 40.5 Å². The molecule has 4 rings (SSSR count). The molecule has 3 aromatic rings. The minimum Gasteiger partial charge on any atom is -0.366 e. The molecule has 0 spiro atoms. The second-order valence-corrected chi connectivity index (χ2v) is 9.64. The summed E-state index contributed by atoms with van der Waals surface area (Å²) in [4.78, 5) is 14.5. The quantitative estimate of drug-likeness (QED) is 0.361. The van der Waals surface area contributed by atoms with Crippen LogP contribution < -0.4 is 5.32 Å². The van der Waals surface area contributed by atoms with Gasteiger partial charge in [-0.3, -0.25) is 0 Å². The van der Waals surface area contributed by atoms with Crippen LogP contribution in [0, 0.1) is 24.1 Å². The summed E-state index contributed by atoms with van der Waals surface area (Å²) in [5, 5.41) is 22.2. The van der Waals surface area contributed by atoms with E-state index in [4.69, 9.17) is 10.00 Å². The lowest BCUT2D eigenvalue weighted by molar-refractivity contribution is -0.211. The number of aliphatic hydroxyl groups is 1. The summed E-state index contributed by atoms with van der Waals surface area (Å²) >= 11 is 0. The van der Waals surface area contributed by atoms with Crippen molar-refractivity contribution in [2.45, 2.75) is 71.9 Å². The van der Waals surface area contributed by atoms with Gasteiger partial charge in [0.1, 0.15) is 11.9 Å². The molecule has 0 aromatic heterocycles. The Bertz CT molecular complexity index is 1190. The van der Waals surface area contributed by atoms with Gasteiger partial charge in [-0.1, -0.05) is 86.1 Å².